The second kappa shape index (κ2) is 7.32. The molecule has 0 bridgehead atoms. The highest BCUT2D eigenvalue weighted by Crippen LogP contribution is 2.05. The highest BCUT2D eigenvalue weighted by atomic mass is 16.6. The molecule has 0 aromatic carbocycles. The lowest BCUT2D eigenvalue weighted by Gasteiger charge is -2.19. The fourth-order valence-electron chi connectivity index (χ4n) is 1.25. The van der Waals surface area contributed by atoms with Crippen LogP contribution in [0.2, 0.25) is 0 Å². The molecule has 0 fully saturated rings. The molecule has 0 atom stereocenters. The van der Waals surface area contributed by atoms with Gasteiger partial charge in [-0.2, -0.15) is 0 Å². The van der Waals surface area contributed by atoms with Crippen LogP contribution in [0.3, 0.4) is 0 Å². The number of carbonyl (C=O) groups excluding carboxylic acids is 2. The molecule has 3 N–H and O–H groups in total. The van der Waals surface area contributed by atoms with Crippen molar-refractivity contribution in [3.8, 4) is 0 Å². The molecule has 7 nitrogen and oxygen atoms in total. The number of rotatable bonds is 4. The van der Waals surface area contributed by atoms with Crippen molar-refractivity contribution in [2.75, 3.05) is 18.4 Å². The number of pyridine rings is 1. The van der Waals surface area contributed by atoms with Crippen LogP contribution >= 0.6 is 0 Å². The van der Waals surface area contributed by atoms with Gasteiger partial charge in [-0.1, -0.05) is 6.07 Å². The lowest BCUT2D eigenvalue weighted by Crippen LogP contribution is -2.39. The van der Waals surface area contributed by atoms with Gasteiger partial charge in [0.05, 0.1) is 0 Å². The Kier molecular flexibility index (Phi) is 5.76. The van der Waals surface area contributed by atoms with Gasteiger partial charge in [-0.05, 0) is 32.9 Å². The summed E-state index contributed by atoms with van der Waals surface area (Å²) in [5.41, 5.74) is -0.534. The lowest BCUT2D eigenvalue weighted by atomic mass is 10.2. The maximum Gasteiger partial charge on any atom is 0.407 e. The van der Waals surface area contributed by atoms with Crippen LogP contribution < -0.4 is 16.0 Å². The molecule has 1 heterocycles. The minimum atomic E-state index is -0.534. The first-order valence-corrected chi connectivity index (χ1v) is 6.29. The van der Waals surface area contributed by atoms with Crippen LogP contribution in [0.4, 0.5) is 15.4 Å². The molecule has 1 aromatic rings. The molecule has 0 saturated carbocycles. The van der Waals surface area contributed by atoms with Crippen LogP contribution in [0, 0.1) is 0 Å². The number of anilines is 1. The average Bonchev–Trinajstić information content (AvgIpc) is 2.34. The van der Waals surface area contributed by atoms with Gasteiger partial charge >= 0.3 is 12.1 Å². The molecule has 1 rings (SSSR count). The minimum Gasteiger partial charge on any atom is -0.444 e. The standard InChI is InChI=1S/C13H20N4O3/c1-13(2,3)20-12(19)16-9-8-15-11(18)17-10-6-4-5-7-14-10/h4-7H,8-9H2,1-3H3,(H,16,19)(H2,14,15,17,18). The maximum absolute atomic E-state index is 11.5. The summed E-state index contributed by atoms with van der Waals surface area (Å²) < 4.78 is 5.05. The summed E-state index contributed by atoms with van der Waals surface area (Å²) >= 11 is 0. The van der Waals surface area contributed by atoms with E-state index < -0.39 is 11.7 Å². The largest absolute Gasteiger partial charge is 0.444 e. The number of hydrogen-bond acceptors (Lipinski definition) is 4. The normalized spacial score (nSPS) is 10.6. The van der Waals surface area contributed by atoms with E-state index in [0.717, 1.165) is 0 Å². The number of carbonyl (C=O) groups is 2. The Morgan fingerprint density at radius 2 is 1.90 bits per heavy atom. The number of alkyl carbamates (subject to hydrolysis) is 1. The number of nitrogens with one attached hydrogen (secondary N) is 3. The number of aromatic nitrogens is 1. The predicted octanol–water partition coefficient (Wildman–Crippen LogP) is 1.73. The number of hydrogen-bond donors (Lipinski definition) is 3. The van der Waals surface area contributed by atoms with E-state index in [-0.39, 0.29) is 19.1 Å². The number of nitrogens with zero attached hydrogens (tertiary/aromatic N) is 1. The van der Waals surface area contributed by atoms with Crippen molar-refractivity contribution >= 4 is 17.9 Å². The van der Waals surface area contributed by atoms with Crippen molar-refractivity contribution in [2.45, 2.75) is 26.4 Å². The first-order chi connectivity index (χ1) is 9.37. The number of ether oxygens (including phenoxy) is 1. The summed E-state index contributed by atoms with van der Waals surface area (Å²) in [5, 5.41) is 7.69. The molecule has 110 valence electrons. The van der Waals surface area contributed by atoms with Crippen LogP contribution in [-0.2, 0) is 4.74 Å². The van der Waals surface area contributed by atoms with Gasteiger partial charge in [0.15, 0.2) is 0 Å². The lowest BCUT2D eigenvalue weighted by molar-refractivity contribution is 0.0528. The van der Waals surface area contributed by atoms with Crippen molar-refractivity contribution < 1.29 is 14.3 Å². The van der Waals surface area contributed by atoms with Crippen molar-refractivity contribution in [1.82, 2.24) is 15.6 Å². The van der Waals surface area contributed by atoms with Crippen molar-refractivity contribution in [3.63, 3.8) is 0 Å². The van der Waals surface area contributed by atoms with Crippen LogP contribution in [0.25, 0.3) is 0 Å². The van der Waals surface area contributed by atoms with Crippen LogP contribution in [0.15, 0.2) is 24.4 Å². The quantitative estimate of drug-likeness (QED) is 0.732. The molecule has 0 aliphatic carbocycles. The van der Waals surface area contributed by atoms with Gasteiger partial charge in [0.25, 0.3) is 0 Å². The molecule has 7 heteroatoms. The Balaban J connectivity index is 2.15. The molecule has 3 amide bonds. The van der Waals surface area contributed by atoms with E-state index >= 15 is 0 Å². The van der Waals surface area contributed by atoms with Crippen molar-refractivity contribution in [2.24, 2.45) is 0 Å². The van der Waals surface area contributed by atoms with Crippen LogP contribution in [0.5, 0.6) is 0 Å². The van der Waals surface area contributed by atoms with E-state index in [9.17, 15) is 9.59 Å². The fraction of sp³-hybridized carbons (Fsp3) is 0.462. The molecule has 0 unspecified atom stereocenters. The first kappa shape index (κ1) is 15.7. The average molecular weight is 280 g/mol. The zero-order valence-electron chi connectivity index (χ0n) is 11.9. The van der Waals surface area contributed by atoms with Crippen LogP contribution in [0.1, 0.15) is 20.8 Å². The van der Waals surface area contributed by atoms with Gasteiger partial charge in [-0.25, -0.2) is 14.6 Å². The van der Waals surface area contributed by atoms with Gasteiger partial charge < -0.3 is 15.4 Å². The minimum absolute atomic E-state index is 0.282. The van der Waals surface area contributed by atoms with Gasteiger partial charge in [-0.3, -0.25) is 5.32 Å². The Hall–Kier alpha value is -2.31. The molecule has 0 spiro atoms. The Morgan fingerprint density at radius 3 is 2.50 bits per heavy atom. The SMILES string of the molecule is CC(C)(C)OC(=O)NCCNC(=O)Nc1ccccn1. The van der Waals surface area contributed by atoms with Crippen molar-refractivity contribution in [3.05, 3.63) is 24.4 Å². The monoisotopic (exact) mass is 280 g/mol. The summed E-state index contributed by atoms with van der Waals surface area (Å²) in [5.74, 6) is 0.463. The summed E-state index contributed by atoms with van der Waals surface area (Å²) in [6, 6.07) is 4.83. The molecule has 0 radical (unpaired) electrons. The second-order valence-corrected chi connectivity index (χ2v) is 5.02. The van der Waals surface area contributed by atoms with Gasteiger partial charge in [0.2, 0.25) is 0 Å². The van der Waals surface area contributed by atoms with Gasteiger partial charge in [0, 0.05) is 19.3 Å². The van der Waals surface area contributed by atoms with E-state index in [4.69, 9.17) is 4.74 Å². The summed E-state index contributed by atoms with van der Waals surface area (Å²) in [7, 11) is 0. The molecule has 0 saturated heterocycles. The van der Waals surface area contributed by atoms with E-state index in [1.165, 1.54) is 0 Å². The summed E-state index contributed by atoms with van der Waals surface area (Å²) in [4.78, 5) is 26.8. The molecule has 20 heavy (non-hydrogen) atoms. The number of amides is 3. The van der Waals surface area contributed by atoms with Gasteiger partial charge in [-0.15, -0.1) is 0 Å². The Morgan fingerprint density at radius 1 is 1.20 bits per heavy atom. The maximum atomic E-state index is 11.5. The molecular formula is C13H20N4O3. The fourth-order valence-corrected chi connectivity index (χ4v) is 1.25. The van der Waals surface area contributed by atoms with E-state index in [0.29, 0.717) is 5.82 Å². The zero-order chi connectivity index (χ0) is 15.0. The smallest absolute Gasteiger partial charge is 0.407 e. The molecule has 0 aliphatic rings. The van der Waals surface area contributed by atoms with Gasteiger partial charge in [0.1, 0.15) is 11.4 Å². The Labute approximate surface area is 118 Å². The van der Waals surface area contributed by atoms with E-state index in [1.54, 1.807) is 45.2 Å². The first-order valence-electron chi connectivity index (χ1n) is 6.29. The van der Waals surface area contributed by atoms with E-state index in [1.807, 2.05) is 0 Å². The third-order valence-electron chi connectivity index (χ3n) is 1.99. The number of urea groups is 1. The molecular weight excluding hydrogens is 260 g/mol. The highest BCUT2D eigenvalue weighted by molar-refractivity contribution is 5.88. The second-order valence-electron chi connectivity index (χ2n) is 5.02. The predicted molar refractivity (Wildman–Crippen MR) is 75.5 cm³/mol. The highest BCUT2D eigenvalue weighted by Gasteiger charge is 2.15. The van der Waals surface area contributed by atoms with Crippen LogP contribution in [-0.4, -0.2) is 35.8 Å². The summed E-state index contributed by atoms with van der Waals surface area (Å²) in [6.45, 7) is 5.92. The molecule has 0 aliphatic heterocycles. The molecule has 1 aromatic heterocycles. The third-order valence-corrected chi connectivity index (χ3v) is 1.99. The topological polar surface area (TPSA) is 92.4 Å². The third kappa shape index (κ3) is 7.20. The Bertz CT molecular complexity index is 443. The summed E-state index contributed by atoms with van der Waals surface area (Å²) in [6.07, 6.45) is 1.07. The van der Waals surface area contributed by atoms with E-state index in [2.05, 4.69) is 20.9 Å². The van der Waals surface area contributed by atoms with Crippen molar-refractivity contribution in [1.29, 1.82) is 0 Å². The zero-order valence-corrected chi connectivity index (χ0v) is 11.9.